The second kappa shape index (κ2) is 8.82. The van der Waals surface area contributed by atoms with Gasteiger partial charge in [-0.2, -0.15) is 0 Å². The molecule has 0 radical (unpaired) electrons. The van der Waals surface area contributed by atoms with Crippen LogP contribution in [0.4, 0.5) is 8.78 Å². The molecule has 0 bridgehead atoms. The van der Waals surface area contributed by atoms with E-state index in [1.165, 1.54) is 0 Å². The van der Waals surface area contributed by atoms with Crippen LogP contribution < -0.4 is 4.98 Å². The fourth-order valence-corrected chi connectivity index (χ4v) is 3.33. The van der Waals surface area contributed by atoms with Crippen LogP contribution in [0.2, 0.25) is 0 Å². The normalized spacial score (nSPS) is 11.4. The molecule has 0 aliphatic heterocycles. The van der Waals surface area contributed by atoms with Crippen LogP contribution in [0.3, 0.4) is 0 Å². The summed E-state index contributed by atoms with van der Waals surface area (Å²) in [6.45, 7) is 3.92. The van der Waals surface area contributed by atoms with Crippen molar-refractivity contribution in [2.45, 2.75) is 19.3 Å². The number of hydrogen-bond acceptors (Lipinski definition) is 6. The Bertz CT molecular complexity index is 1420. The standard InChI is InChI=1S/C23H15F2N7.Pt/c1-23(2,16-7-3-5-14(28-16)13-9-10-18(24)30-19(13)25)17-8-4-6-15(29-17)20-31-21-22(32-20)27-12-11-26-21;/h3-8,10-12H,1-2H3;/q-2;+2. The van der Waals surface area contributed by atoms with Gasteiger partial charge in [0.1, 0.15) is 11.9 Å². The summed E-state index contributed by atoms with van der Waals surface area (Å²) in [5, 5.41) is 0. The molecule has 0 spiro atoms. The summed E-state index contributed by atoms with van der Waals surface area (Å²) in [5.41, 5.74) is 2.52. The quantitative estimate of drug-likeness (QED) is 0.222. The maximum absolute atomic E-state index is 14.2. The Hall–Kier alpha value is -3.45. The monoisotopic (exact) mass is 622 g/mol. The van der Waals surface area contributed by atoms with Gasteiger partial charge in [0.25, 0.3) is 0 Å². The van der Waals surface area contributed by atoms with Crippen molar-refractivity contribution in [3.63, 3.8) is 0 Å². The van der Waals surface area contributed by atoms with Crippen LogP contribution in [0.1, 0.15) is 25.2 Å². The first-order valence-corrected chi connectivity index (χ1v) is 9.73. The Kier molecular flexibility index (Phi) is 6.08. The summed E-state index contributed by atoms with van der Waals surface area (Å²) in [7, 11) is 0. The van der Waals surface area contributed by atoms with Crippen molar-refractivity contribution in [1.29, 1.82) is 0 Å². The van der Waals surface area contributed by atoms with E-state index in [1.54, 1.807) is 24.5 Å². The third-order valence-corrected chi connectivity index (χ3v) is 5.09. The molecule has 0 unspecified atom stereocenters. The molecule has 166 valence electrons. The van der Waals surface area contributed by atoms with E-state index in [2.05, 4.69) is 36.0 Å². The molecular formula is C23H15F2N7Pt. The van der Waals surface area contributed by atoms with Crippen LogP contribution in [0.15, 0.2) is 54.9 Å². The van der Waals surface area contributed by atoms with E-state index in [1.807, 2.05) is 38.1 Å². The van der Waals surface area contributed by atoms with Crippen LogP contribution in [-0.2, 0) is 26.5 Å². The van der Waals surface area contributed by atoms with E-state index in [0.29, 0.717) is 34.2 Å². The smallest absolute Gasteiger partial charge is 0.365 e. The minimum absolute atomic E-state index is 0. The predicted molar refractivity (Wildman–Crippen MR) is 112 cm³/mol. The van der Waals surface area contributed by atoms with Gasteiger partial charge in [0.05, 0.1) is 17.0 Å². The van der Waals surface area contributed by atoms with Crippen LogP contribution in [0.5, 0.6) is 0 Å². The molecule has 5 aromatic rings. The molecule has 33 heavy (non-hydrogen) atoms. The molecule has 5 heterocycles. The number of pyridine rings is 3. The minimum atomic E-state index is -0.963. The summed E-state index contributed by atoms with van der Waals surface area (Å²) >= 11 is 0. The van der Waals surface area contributed by atoms with Crippen LogP contribution in [0, 0.1) is 18.0 Å². The van der Waals surface area contributed by atoms with Crippen molar-refractivity contribution in [3.8, 4) is 22.8 Å². The van der Waals surface area contributed by atoms with E-state index in [-0.39, 0.29) is 26.6 Å². The molecule has 7 nitrogen and oxygen atoms in total. The molecule has 0 amide bonds. The van der Waals surface area contributed by atoms with Crippen LogP contribution in [0.25, 0.3) is 34.1 Å². The van der Waals surface area contributed by atoms with Gasteiger partial charge < -0.3 is 19.9 Å². The number of rotatable bonds is 4. The summed E-state index contributed by atoms with van der Waals surface area (Å²) in [4.78, 5) is 29.7. The average Bonchev–Trinajstić information content (AvgIpc) is 3.24. The second-order valence-corrected chi connectivity index (χ2v) is 7.58. The SMILES string of the molecule is CC(C)(c1cccc(-c2nc3nccnc3[n-]2)n1)c1cccc(-c2[c-]cc(F)nc2F)n1.[Pt+2]. The molecule has 0 aliphatic rings. The Morgan fingerprint density at radius 2 is 1.52 bits per heavy atom. The van der Waals surface area contributed by atoms with Crippen LogP contribution >= 0.6 is 0 Å². The molecule has 5 aromatic heterocycles. The Balaban J connectivity index is 0.00000259. The van der Waals surface area contributed by atoms with Gasteiger partial charge in [-0.1, -0.05) is 29.8 Å². The molecule has 10 heteroatoms. The van der Waals surface area contributed by atoms with E-state index >= 15 is 0 Å². The first-order valence-electron chi connectivity index (χ1n) is 9.73. The summed E-state index contributed by atoms with van der Waals surface area (Å²) < 4.78 is 27.3. The number of imidazole rings is 1. The molecule has 0 N–H and O–H groups in total. The zero-order chi connectivity index (χ0) is 22.3. The van der Waals surface area contributed by atoms with Crippen molar-refractivity contribution in [1.82, 2.24) is 34.9 Å². The van der Waals surface area contributed by atoms with Crippen molar-refractivity contribution in [3.05, 3.63) is 84.2 Å². The van der Waals surface area contributed by atoms with E-state index in [0.717, 1.165) is 11.8 Å². The summed E-state index contributed by atoms with van der Waals surface area (Å²) in [5.74, 6) is -1.47. The molecule has 0 aliphatic carbocycles. The van der Waals surface area contributed by atoms with Gasteiger partial charge in [-0.15, -0.1) is 6.07 Å². The van der Waals surface area contributed by atoms with Crippen molar-refractivity contribution >= 4 is 11.3 Å². The topological polar surface area (TPSA) is 91.4 Å². The Labute approximate surface area is 202 Å². The van der Waals surface area contributed by atoms with Gasteiger partial charge in [0, 0.05) is 28.8 Å². The second-order valence-electron chi connectivity index (χ2n) is 7.58. The molecule has 5 rings (SSSR count). The van der Waals surface area contributed by atoms with Gasteiger partial charge in [0.15, 0.2) is 0 Å². The maximum Gasteiger partial charge on any atom is 2.00 e. The first-order chi connectivity index (χ1) is 15.4. The fourth-order valence-electron chi connectivity index (χ4n) is 3.33. The van der Waals surface area contributed by atoms with Gasteiger partial charge in [-0.25, -0.2) is 8.78 Å². The molecule has 0 aromatic carbocycles. The van der Waals surface area contributed by atoms with Gasteiger partial charge >= 0.3 is 21.1 Å². The third-order valence-electron chi connectivity index (χ3n) is 5.09. The number of hydrogen-bond donors (Lipinski definition) is 0. The number of nitrogens with zero attached hydrogens (tertiary/aromatic N) is 7. The number of halogens is 2. The van der Waals surface area contributed by atoms with E-state index in [9.17, 15) is 8.78 Å². The largest absolute Gasteiger partial charge is 2.00 e. The molecular weight excluding hydrogens is 607 g/mol. The third kappa shape index (κ3) is 4.28. The fraction of sp³-hybridized carbons (Fsp3) is 0.130. The zero-order valence-corrected chi connectivity index (χ0v) is 19.7. The average molecular weight is 622 g/mol. The number of aromatic nitrogens is 7. The van der Waals surface area contributed by atoms with Gasteiger partial charge in [-0.3, -0.25) is 15.0 Å². The van der Waals surface area contributed by atoms with Crippen molar-refractivity contribution < 1.29 is 29.8 Å². The summed E-state index contributed by atoms with van der Waals surface area (Å²) in [6.07, 6.45) is 3.12. The molecule has 0 saturated carbocycles. The van der Waals surface area contributed by atoms with Crippen molar-refractivity contribution in [2.75, 3.05) is 0 Å². The molecule has 0 saturated heterocycles. The zero-order valence-electron chi connectivity index (χ0n) is 17.4. The minimum Gasteiger partial charge on any atom is -0.365 e. The number of fused-ring (bicyclic) bond motifs is 1. The maximum atomic E-state index is 14.2. The Morgan fingerprint density at radius 3 is 2.21 bits per heavy atom. The van der Waals surface area contributed by atoms with E-state index < -0.39 is 17.3 Å². The molecule has 0 fully saturated rings. The van der Waals surface area contributed by atoms with Gasteiger partial charge in [0.2, 0.25) is 0 Å². The molecule has 0 atom stereocenters. The van der Waals surface area contributed by atoms with Crippen molar-refractivity contribution in [2.24, 2.45) is 0 Å². The first kappa shape index (κ1) is 22.7. The van der Waals surface area contributed by atoms with E-state index in [4.69, 9.17) is 4.98 Å². The summed E-state index contributed by atoms with van der Waals surface area (Å²) in [6, 6.07) is 14.3. The van der Waals surface area contributed by atoms with Gasteiger partial charge in [-0.05, 0) is 43.9 Å². The Morgan fingerprint density at radius 1 is 0.848 bits per heavy atom. The van der Waals surface area contributed by atoms with Crippen LogP contribution in [-0.4, -0.2) is 29.9 Å². The predicted octanol–water partition coefficient (Wildman–Crippen LogP) is 3.90.